The highest BCUT2D eigenvalue weighted by atomic mass is 16.5. The summed E-state index contributed by atoms with van der Waals surface area (Å²) in [6, 6.07) is 0. The highest BCUT2D eigenvalue weighted by Gasteiger charge is 2.36. The Morgan fingerprint density at radius 1 is 0.667 bits per heavy atom. The minimum Gasteiger partial charge on any atom is -0.502 e. The lowest BCUT2D eigenvalue weighted by molar-refractivity contribution is -0.151. The second-order valence-corrected chi connectivity index (χ2v) is 7.94. The molecule has 6 heteroatoms. The van der Waals surface area contributed by atoms with Crippen LogP contribution in [0, 0.1) is 5.41 Å². The van der Waals surface area contributed by atoms with Gasteiger partial charge < -0.3 is 19.7 Å². The SMILES string of the molecule is C=COCCCCC(CCCCCCCCCC(=O)O)(CCCCOC=C)C(=O)O. The number of ether oxygens (including phenoxy) is 2. The van der Waals surface area contributed by atoms with Gasteiger partial charge in [-0.3, -0.25) is 9.59 Å². The molecule has 30 heavy (non-hydrogen) atoms. The maximum Gasteiger partial charge on any atom is 0.309 e. The van der Waals surface area contributed by atoms with Gasteiger partial charge in [0.15, 0.2) is 0 Å². The minimum atomic E-state index is -0.730. The Labute approximate surface area is 182 Å². The maximum atomic E-state index is 12.2. The molecule has 2 N–H and O–H groups in total. The van der Waals surface area contributed by atoms with E-state index in [1.165, 1.54) is 12.5 Å². The molecule has 0 amide bonds. The number of aliphatic carboxylic acids is 2. The second-order valence-electron chi connectivity index (χ2n) is 7.94. The zero-order chi connectivity index (χ0) is 22.5. The molecule has 0 unspecified atom stereocenters. The number of carbonyl (C=O) groups is 2. The van der Waals surface area contributed by atoms with Gasteiger partial charge in [0.1, 0.15) is 0 Å². The molecule has 0 spiro atoms. The fourth-order valence-corrected chi connectivity index (χ4v) is 3.78. The zero-order valence-corrected chi connectivity index (χ0v) is 18.6. The van der Waals surface area contributed by atoms with Gasteiger partial charge in [-0.2, -0.15) is 0 Å². The summed E-state index contributed by atoms with van der Waals surface area (Å²) in [7, 11) is 0. The Hall–Kier alpha value is -1.98. The van der Waals surface area contributed by atoms with E-state index in [4.69, 9.17) is 14.6 Å². The summed E-state index contributed by atoms with van der Waals surface area (Å²) in [5.74, 6) is -1.42. The lowest BCUT2D eigenvalue weighted by Gasteiger charge is -2.30. The number of hydrogen-bond acceptors (Lipinski definition) is 4. The fraction of sp³-hybridized carbons (Fsp3) is 0.750. The molecular formula is C24H42O6. The van der Waals surface area contributed by atoms with E-state index in [1.807, 2.05) is 0 Å². The molecule has 0 aliphatic rings. The summed E-state index contributed by atoms with van der Waals surface area (Å²) in [5.41, 5.74) is -0.677. The van der Waals surface area contributed by atoms with Gasteiger partial charge in [0.05, 0.1) is 31.2 Å². The fourth-order valence-electron chi connectivity index (χ4n) is 3.78. The molecule has 0 aromatic heterocycles. The van der Waals surface area contributed by atoms with Gasteiger partial charge in [0.25, 0.3) is 0 Å². The normalized spacial score (nSPS) is 11.1. The molecule has 0 atom stereocenters. The van der Waals surface area contributed by atoms with Crippen LogP contribution < -0.4 is 0 Å². The molecule has 0 bridgehead atoms. The van der Waals surface area contributed by atoms with Crippen LogP contribution >= 0.6 is 0 Å². The first-order valence-corrected chi connectivity index (χ1v) is 11.4. The van der Waals surface area contributed by atoms with Crippen molar-refractivity contribution in [2.45, 2.75) is 96.3 Å². The monoisotopic (exact) mass is 426 g/mol. The largest absolute Gasteiger partial charge is 0.502 e. The van der Waals surface area contributed by atoms with Crippen molar-refractivity contribution >= 4 is 11.9 Å². The Morgan fingerprint density at radius 3 is 1.47 bits per heavy atom. The highest BCUT2D eigenvalue weighted by molar-refractivity contribution is 5.74. The molecule has 0 fully saturated rings. The van der Waals surface area contributed by atoms with Crippen LogP contribution in [0.5, 0.6) is 0 Å². The van der Waals surface area contributed by atoms with Crippen LogP contribution in [0.3, 0.4) is 0 Å². The van der Waals surface area contributed by atoms with E-state index < -0.39 is 17.4 Å². The van der Waals surface area contributed by atoms with E-state index >= 15 is 0 Å². The summed E-state index contributed by atoms with van der Waals surface area (Å²) < 4.78 is 10.3. The summed E-state index contributed by atoms with van der Waals surface area (Å²) in [6.07, 6.45) is 15.3. The second kappa shape index (κ2) is 19.0. The molecule has 0 aromatic carbocycles. The van der Waals surface area contributed by atoms with Crippen molar-refractivity contribution in [1.82, 2.24) is 0 Å². The summed E-state index contributed by atoms with van der Waals surface area (Å²) in [4.78, 5) is 22.7. The first-order valence-electron chi connectivity index (χ1n) is 11.4. The van der Waals surface area contributed by atoms with Gasteiger partial charge in [-0.1, -0.05) is 51.7 Å². The lowest BCUT2D eigenvalue weighted by Crippen LogP contribution is -2.31. The predicted molar refractivity (Wildman–Crippen MR) is 119 cm³/mol. The van der Waals surface area contributed by atoms with E-state index in [0.29, 0.717) is 32.5 Å². The summed E-state index contributed by atoms with van der Waals surface area (Å²) >= 11 is 0. The number of rotatable bonds is 23. The van der Waals surface area contributed by atoms with Crippen molar-refractivity contribution in [3.8, 4) is 0 Å². The number of carboxylic acids is 2. The van der Waals surface area contributed by atoms with Gasteiger partial charge in [-0.05, 0) is 51.4 Å². The minimum absolute atomic E-state index is 0.247. The first-order chi connectivity index (χ1) is 14.5. The van der Waals surface area contributed by atoms with Crippen LogP contribution in [0.2, 0.25) is 0 Å². The molecular weight excluding hydrogens is 384 g/mol. The molecule has 6 nitrogen and oxygen atoms in total. The zero-order valence-electron chi connectivity index (χ0n) is 18.6. The van der Waals surface area contributed by atoms with Crippen LogP contribution in [-0.4, -0.2) is 35.4 Å². The van der Waals surface area contributed by atoms with E-state index in [0.717, 1.165) is 70.6 Å². The number of unbranched alkanes of at least 4 members (excludes halogenated alkanes) is 8. The maximum absolute atomic E-state index is 12.2. The van der Waals surface area contributed by atoms with Crippen LogP contribution in [0.1, 0.15) is 96.3 Å². The molecule has 0 radical (unpaired) electrons. The first kappa shape index (κ1) is 28.0. The molecule has 0 rings (SSSR count). The molecule has 0 saturated carbocycles. The Bertz CT molecular complexity index is 456. The molecule has 0 aliphatic heterocycles. The van der Waals surface area contributed by atoms with Gasteiger partial charge >= 0.3 is 11.9 Å². The lowest BCUT2D eigenvalue weighted by atomic mass is 9.74. The van der Waals surface area contributed by atoms with Crippen LogP contribution in [-0.2, 0) is 19.1 Å². The molecule has 0 aromatic rings. The van der Waals surface area contributed by atoms with E-state index in [2.05, 4.69) is 13.2 Å². The van der Waals surface area contributed by atoms with Gasteiger partial charge in [0.2, 0.25) is 0 Å². The Balaban J connectivity index is 4.38. The van der Waals surface area contributed by atoms with Crippen molar-refractivity contribution < 1.29 is 29.3 Å². The molecule has 174 valence electrons. The average molecular weight is 427 g/mol. The van der Waals surface area contributed by atoms with Crippen molar-refractivity contribution in [2.24, 2.45) is 5.41 Å². The number of carboxylic acid groups (broad SMARTS) is 2. The van der Waals surface area contributed by atoms with Crippen LogP contribution in [0.15, 0.2) is 25.7 Å². The molecule has 0 saturated heterocycles. The number of hydrogen-bond donors (Lipinski definition) is 2. The Morgan fingerprint density at radius 2 is 1.07 bits per heavy atom. The third-order valence-corrected chi connectivity index (χ3v) is 5.57. The summed E-state index contributed by atoms with van der Waals surface area (Å²) in [6.45, 7) is 8.21. The predicted octanol–water partition coefficient (Wildman–Crippen LogP) is 6.31. The smallest absolute Gasteiger partial charge is 0.309 e. The van der Waals surface area contributed by atoms with Crippen molar-refractivity contribution in [3.63, 3.8) is 0 Å². The van der Waals surface area contributed by atoms with Crippen molar-refractivity contribution in [1.29, 1.82) is 0 Å². The quantitative estimate of drug-likeness (QED) is 0.147. The third-order valence-electron chi connectivity index (χ3n) is 5.57. The average Bonchev–Trinajstić information content (AvgIpc) is 2.71. The van der Waals surface area contributed by atoms with Crippen LogP contribution in [0.4, 0.5) is 0 Å². The van der Waals surface area contributed by atoms with Crippen LogP contribution in [0.25, 0.3) is 0 Å². The van der Waals surface area contributed by atoms with Gasteiger partial charge in [-0.15, -0.1) is 0 Å². The third kappa shape index (κ3) is 14.9. The van der Waals surface area contributed by atoms with Gasteiger partial charge in [-0.25, -0.2) is 0 Å². The summed E-state index contributed by atoms with van der Waals surface area (Å²) in [5, 5.41) is 18.7. The van der Waals surface area contributed by atoms with E-state index in [1.54, 1.807) is 0 Å². The van der Waals surface area contributed by atoms with E-state index in [9.17, 15) is 14.7 Å². The molecule has 0 aliphatic carbocycles. The van der Waals surface area contributed by atoms with Crippen molar-refractivity contribution in [2.75, 3.05) is 13.2 Å². The molecule has 0 heterocycles. The van der Waals surface area contributed by atoms with E-state index in [-0.39, 0.29) is 6.42 Å². The van der Waals surface area contributed by atoms with Gasteiger partial charge in [0, 0.05) is 6.42 Å². The van der Waals surface area contributed by atoms with Crippen molar-refractivity contribution in [3.05, 3.63) is 25.7 Å². The topological polar surface area (TPSA) is 93.1 Å². The highest BCUT2D eigenvalue weighted by Crippen LogP contribution is 2.37. The standard InChI is InChI=1S/C24H42O6/c1-3-29-20-14-12-18-24(23(27)28,19-13-15-21-30-4-2)17-11-9-7-5-6-8-10-16-22(25)26/h3-4H,1-2,5-21H2,(H,25,26)(H,27,28). The Kier molecular flexibility index (Phi) is 17.8.